The highest BCUT2D eigenvalue weighted by Gasteiger charge is 2.33. The molecule has 0 fully saturated rings. The third-order valence-electron chi connectivity index (χ3n) is 4.09. The Bertz CT molecular complexity index is 765. The Labute approximate surface area is 141 Å². The van der Waals surface area contributed by atoms with Crippen molar-refractivity contribution < 1.29 is 14.3 Å². The molecule has 2 aromatic carbocycles. The predicted octanol–water partition coefficient (Wildman–Crippen LogP) is 2.71. The lowest BCUT2D eigenvalue weighted by molar-refractivity contribution is -0.120. The minimum Gasteiger partial charge on any atom is -0.492 e. The Morgan fingerprint density at radius 2 is 2.04 bits per heavy atom. The fourth-order valence-electron chi connectivity index (χ4n) is 2.82. The van der Waals surface area contributed by atoms with E-state index >= 15 is 0 Å². The number of hydrogen-bond acceptors (Lipinski definition) is 4. The summed E-state index contributed by atoms with van der Waals surface area (Å²) < 4.78 is 10.8. The first kappa shape index (κ1) is 16.0. The molecule has 1 aliphatic heterocycles. The monoisotopic (exact) mass is 322 g/mol. The van der Waals surface area contributed by atoms with Gasteiger partial charge in [-0.05, 0) is 30.3 Å². The number of carbonyl (C=O) groups excluding carboxylic acids is 1. The summed E-state index contributed by atoms with van der Waals surface area (Å²) in [7, 11) is 1.61. The van der Waals surface area contributed by atoms with Gasteiger partial charge in [0.1, 0.15) is 18.3 Å². The molecular formula is C19H18N2O3. The van der Waals surface area contributed by atoms with Gasteiger partial charge in [-0.3, -0.25) is 4.79 Å². The average molecular weight is 322 g/mol. The van der Waals surface area contributed by atoms with Crippen molar-refractivity contribution in [2.75, 3.05) is 31.8 Å². The molecule has 0 saturated carbocycles. The Morgan fingerprint density at radius 3 is 2.75 bits per heavy atom. The van der Waals surface area contributed by atoms with Crippen LogP contribution in [0, 0.1) is 11.3 Å². The second-order valence-corrected chi connectivity index (χ2v) is 5.54. The van der Waals surface area contributed by atoms with Crippen LogP contribution in [0.4, 0.5) is 5.69 Å². The number of para-hydroxylation sites is 1. The summed E-state index contributed by atoms with van der Waals surface area (Å²) in [5.74, 6) is 0.415. The molecule has 0 bridgehead atoms. The minimum absolute atomic E-state index is 0.0262. The maximum atomic E-state index is 13.1. The van der Waals surface area contributed by atoms with Crippen molar-refractivity contribution >= 4 is 11.6 Å². The fraction of sp³-hybridized carbons (Fsp3) is 0.263. The standard InChI is InChI=1S/C19H18N2O3/c1-23-11-10-21(15-8-6-14(12-20)7-9-15)19(22)17-13-24-18-5-3-2-4-16(17)18/h2-9,17H,10-11,13H2,1H3/t17-/m1/s1. The summed E-state index contributed by atoms with van der Waals surface area (Å²) in [6, 6.07) is 16.7. The number of ether oxygens (including phenoxy) is 2. The Morgan fingerprint density at radius 1 is 1.29 bits per heavy atom. The first-order valence-electron chi connectivity index (χ1n) is 7.77. The SMILES string of the molecule is COCCN(C(=O)[C@@H]1COc2ccccc21)c1ccc(C#N)cc1. The zero-order valence-corrected chi connectivity index (χ0v) is 13.4. The topological polar surface area (TPSA) is 62.6 Å². The summed E-state index contributed by atoms with van der Waals surface area (Å²) in [5.41, 5.74) is 2.23. The highest BCUT2D eigenvalue weighted by Crippen LogP contribution is 2.35. The van der Waals surface area contributed by atoms with E-state index in [2.05, 4.69) is 6.07 Å². The van der Waals surface area contributed by atoms with Crippen LogP contribution in [0.2, 0.25) is 0 Å². The maximum Gasteiger partial charge on any atom is 0.238 e. The molecule has 122 valence electrons. The van der Waals surface area contributed by atoms with E-state index < -0.39 is 0 Å². The van der Waals surface area contributed by atoms with Gasteiger partial charge < -0.3 is 14.4 Å². The molecule has 0 saturated heterocycles. The first-order valence-corrected chi connectivity index (χ1v) is 7.77. The molecule has 1 aliphatic rings. The van der Waals surface area contributed by atoms with Gasteiger partial charge in [-0.25, -0.2) is 0 Å². The van der Waals surface area contributed by atoms with Crippen molar-refractivity contribution in [2.45, 2.75) is 5.92 Å². The molecule has 1 amide bonds. The summed E-state index contributed by atoms with van der Waals surface area (Å²) >= 11 is 0. The number of hydrogen-bond donors (Lipinski definition) is 0. The molecule has 0 spiro atoms. The van der Waals surface area contributed by atoms with Crippen molar-refractivity contribution in [2.24, 2.45) is 0 Å². The van der Waals surface area contributed by atoms with Crippen LogP contribution >= 0.6 is 0 Å². The van der Waals surface area contributed by atoms with Crippen LogP contribution in [0.3, 0.4) is 0 Å². The largest absolute Gasteiger partial charge is 0.492 e. The van der Waals surface area contributed by atoms with Crippen LogP contribution in [0.1, 0.15) is 17.0 Å². The third kappa shape index (κ3) is 3.10. The molecule has 5 nitrogen and oxygen atoms in total. The number of fused-ring (bicyclic) bond motifs is 1. The van der Waals surface area contributed by atoms with E-state index in [1.165, 1.54) is 0 Å². The molecule has 3 rings (SSSR count). The summed E-state index contributed by atoms with van der Waals surface area (Å²) in [6.07, 6.45) is 0. The number of rotatable bonds is 5. The number of nitriles is 1. The molecule has 0 unspecified atom stereocenters. The van der Waals surface area contributed by atoms with Gasteiger partial charge in [0.15, 0.2) is 0 Å². The number of nitrogens with zero attached hydrogens (tertiary/aromatic N) is 2. The molecule has 24 heavy (non-hydrogen) atoms. The quantitative estimate of drug-likeness (QED) is 0.849. The summed E-state index contributed by atoms with van der Waals surface area (Å²) in [6.45, 7) is 1.22. The summed E-state index contributed by atoms with van der Waals surface area (Å²) in [4.78, 5) is 14.8. The van der Waals surface area contributed by atoms with Crippen molar-refractivity contribution in [3.63, 3.8) is 0 Å². The van der Waals surface area contributed by atoms with Gasteiger partial charge in [0.25, 0.3) is 0 Å². The van der Waals surface area contributed by atoms with Crippen LogP contribution in [-0.2, 0) is 9.53 Å². The van der Waals surface area contributed by atoms with Gasteiger partial charge in [0.2, 0.25) is 5.91 Å². The van der Waals surface area contributed by atoms with Crippen molar-refractivity contribution in [1.82, 2.24) is 0 Å². The van der Waals surface area contributed by atoms with Crippen LogP contribution in [-0.4, -0.2) is 32.8 Å². The molecule has 5 heteroatoms. The van der Waals surface area contributed by atoms with Gasteiger partial charge >= 0.3 is 0 Å². The van der Waals surface area contributed by atoms with E-state index in [9.17, 15) is 4.79 Å². The Kier molecular flexibility index (Phi) is 4.78. The van der Waals surface area contributed by atoms with Crippen molar-refractivity contribution in [3.05, 3.63) is 59.7 Å². The lowest BCUT2D eigenvalue weighted by atomic mass is 9.99. The van der Waals surface area contributed by atoms with Gasteiger partial charge in [-0.1, -0.05) is 18.2 Å². The maximum absolute atomic E-state index is 13.1. The number of anilines is 1. The number of carbonyl (C=O) groups is 1. The Balaban J connectivity index is 1.88. The lowest BCUT2D eigenvalue weighted by Gasteiger charge is -2.25. The van der Waals surface area contributed by atoms with E-state index in [1.54, 1.807) is 36.3 Å². The number of benzene rings is 2. The third-order valence-corrected chi connectivity index (χ3v) is 4.09. The predicted molar refractivity (Wildman–Crippen MR) is 90.1 cm³/mol. The molecule has 1 atom stereocenters. The smallest absolute Gasteiger partial charge is 0.238 e. The highest BCUT2D eigenvalue weighted by atomic mass is 16.5. The van der Waals surface area contributed by atoms with Crippen molar-refractivity contribution in [1.29, 1.82) is 5.26 Å². The van der Waals surface area contributed by atoms with Crippen molar-refractivity contribution in [3.8, 4) is 11.8 Å². The molecule has 0 N–H and O–H groups in total. The highest BCUT2D eigenvalue weighted by molar-refractivity contribution is 5.99. The van der Waals surface area contributed by atoms with Gasteiger partial charge in [-0.15, -0.1) is 0 Å². The summed E-state index contributed by atoms with van der Waals surface area (Å²) in [5, 5.41) is 8.93. The zero-order chi connectivity index (χ0) is 16.9. The number of amides is 1. The second-order valence-electron chi connectivity index (χ2n) is 5.54. The van der Waals surface area contributed by atoms with Crippen LogP contribution in [0.25, 0.3) is 0 Å². The Hall–Kier alpha value is -2.84. The van der Waals surface area contributed by atoms with E-state index in [1.807, 2.05) is 24.3 Å². The minimum atomic E-state index is -0.325. The average Bonchev–Trinajstić information content (AvgIpc) is 3.06. The molecule has 0 radical (unpaired) electrons. The van der Waals surface area contributed by atoms with Crippen LogP contribution in [0.5, 0.6) is 5.75 Å². The molecular weight excluding hydrogens is 304 g/mol. The number of methoxy groups -OCH3 is 1. The molecule has 1 heterocycles. The van der Waals surface area contributed by atoms with Crippen LogP contribution < -0.4 is 9.64 Å². The second kappa shape index (κ2) is 7.16. The van der Waals surface area contributed by atoms with E-state index in [-0.39, 0.29) is 11.8 Å². The molecule has 2 aromatic rings. The van der Waals surface area contributed by atoms with Gasteiger partial charge in [0, 0.05) is 24.9 Å². The van der Waals surface area contributed by atoms with E-state index in [4.69, 9.17) is 14.7 Å². The van der Waals surface area contributed by atoms with E-state index in [0.29, 0.717) is 25.3 Å². The zero-order valence-electron chi connectivity index (χ0n) is 13.4. The van der Waals surface area contributed by atoms with E-state index in [0.717, 1.165) is 17.0 Å². The first-order chi connectivity index (χ1) is 11.7. The lowest BCUT2D eigenvalue weighted by Crippen LogP contribution is -2.38. The molecule has 0 aliphatic carbocycles. The van der Waals surface area contributed by atoms with Gasteiger partial charge in [-0.2, -0.15) is 5.26 Å². The van der Waals surface area contributed by atoms with Gasteiger partial charge in [0.05, 0.1) is 18.2 Å². The fourth-order valence-corrected chi connectivity index (χ4v) is 2.82. The normalized spacial score (nSPS) is 15.2. The van der Waals surface area contributed by atoms with Crippen LogP contribution in [0.15, 0.2) is 48.5 Å². The molecule has 0 aromatic heterocycles.